The number of methoxy groups -OCH3 is 1. The summed E-state index contributed by atoms with van der Waals surface area (Å²) in [6.45, 7) is 5.62. The Bertz CT molecular complexity index is 488. The molecule has 0 saturated carbocycles. The first-order valence-corrected chi connectivity index (χ1v) is 8.65. The minimum Gasteiger partial charge on any atom is -0.494 e. The number of carbonyl (C=O) groups is 1. The van der Waals surface area contributed by atoms with E-state index in [2.05, 4.69) is 17.1 Å². The molecule has 0 fully saturated rings. The molecule has 136 valence electrons. The van der Waals surface area contributed by atoms with Gasteiger partial charge in [-0.15, -0.1) is 0 Å². The number of carbonyl (C=O) groups excluding carboxylic acids is 1. The average molecular weight is 336 g/mol. The number of unbranched alkanes of at least 4 members (excludes halogenated alkanes) is 1. The highest BCUT2D eigenvalue weighted by Crippen LogP contribution is 2.22. The van der Waals surface area contributed by atoms with Crippen molar-refractivity contribution in [3.63, 3.8) is 0 Å². The summed E-state index contributed by atoms with van der Waals surface area (Å²) in [6.07, 6.45) is 3.68. The van der Waals surface area contributed by atoms with Crippen LogP contribution in [0.2, 0.25) is 0 Å². The van der Waals surface area contributed by atoms with E-state index in [9.17, 15) is 4.79 Å². The Morgan fingerprint density at radius 2 is 1.88 bits per heavy atom. The van der Waals surface area contributed by atoms with E-state index in [0.717, 1.165) is 37.2 Å². The van der Waals surface area contributed by atoms with Crippen LogP contribution in [-0.4, -0.2) is 50.8 Å². The summed E-state index contributed by atoms with van der Waals surface area (Å²) in [5, 5.41) is 2.93. The number of ether oxygens (including phenoxy) is 2. The molecule has 1 aromatic rings. The standard InChI is InChI=1S/C19H32N2O3/c1-6-7-13-19(2,23-5)18(22)20-16-9-11-17(12-10-16)24-15-8-14-21(3)4/h9-12H,6-8,13-15H2,1-5H3,(H,20,22)/t19-/m0/s1. The third-order valence-corrected chi connectivity index (χ3v) is 4.07. The highest BCUT2D eigenvalue weighted by molar-refractivity contribution is 5.97. The van der Waals surface area contributed by atoms with Crippen molar-refractivity contribution in [2.45, 2.75) is 45.1 Å². The van der Waals surface area contributed by atoms with Gasteiger partial charge < -0.3 is 19.7 Å². The lowest BCUT2D eigenvalue weighted by Gasteiger charge is -2.26. The molecule has 1 aromatic carbocycles. The SMILES string of the molecule is CCCC[C@](C)(OC)C(=O)Nc1ccc(OCCCN(C)C)cc1. The van der Waals surface area contributed by atoms with Gasteiger partial charge in [0.15, 0.2) is 0 Å². The minimum atomic E-state index is -0.794. The van der Waals surface area contributed by atoms with Crippen molar-refractivity contribution in [1.29, 1.82) is 0 Å². The number of hydrogen-bond donors (Lipinski definition) is 1. The molecule has 1 amide bonds. The van der Waals surface area contributed by atoms with E-state index in [1.54, 1.807) is 7.11 Å². The molecule has 0 spiro atoms. The molecule has 0 radical (unpaired) electrons. The smallest absolute Gasteiger partial charge is 0.256 e. The van der Waals surface area contributed by atoms with E-state index in [0.29, 0.717) is 13.0 Å². The Hall–Kier alpha value is -1.59. The number of benzene rings is 1. The topological polar surface area (TPSA) is 50.8 Å². The molecule has 1 N–H and O–H groups in total. The number of rotatable bonds is 11. The quantitative estimate of drug-likeness (QED) is 0.628. The first-order chi connectivity index (χ1) is 11.4. The second kappa shape index (κ2) is 10.3. The maximum absolute atomic E-state index is 12.5. The molecule has 0 heterocycles. The van der Waals surface area contributed by atoms with Gasteiger partial charge in [-0.1, -0.05) is 19.8 Å². The Labute approximate surface area is 146 Å². The summed E-state index contributed by atoms with van der Waals surface area (Å²) < 4.78 is 11.1. The summed E-state index contributed by atoms with van der Waals surface area (Å²) in [4.78, 5) is 14.6. The molecule has 5 nitrogen and oxygen atoms in total. The van der Waals surface area contributed by atoms with Crippen LogP contribution in [0.1, 0.15) is 39.5 Å². The number of nitrogens with one attached hydrogen (secondary N) is 1. The first kappa shape index (κ1) is 20.5. The molecular weight excluding hydrogens is 304 g/mol. The van der Waals surface area contributed by atoms with E-state index < -0.39 is 5.60 Å². The monoisotopic (exact) mass is 336 g/mol. The molecule has 1 rings (SSSR count). The molecule has 0 aliphatic heterocycles. The van der Waals surface area contributed by atoms with Crippen LogP contribution in [0.3, 0.4) is 0 Å². The summed E-state index contributed by atoms with van der Waals surface area (Å²) in [7, 11) is 5.68. The average Bonchev–Trinajstić information content (AvgIpc) is 2.57. The van der Waals surface area contributed by atoms with Gasteiger partial charge in [-0.05, 0) is 58.1 Å². The lowest BCUT2D eigenvalue weighted by molar-refractivity contribution is -0.136. The predicted octanol–water partition coefficient (Wildman–Crippen LogP) is 3.55. The molecule has 1 atom stereocenters. The van der Waals surface area contributed by atoms with Crippen molar-refractivity contribution in [1.82, 2.24) is 4.90 Å². The third-order valence-electron chi connectivity index (χ3n) is 4.07. The van der Waals surface area contributed by atoms with Crippen LogP contribution in [0.4, 0.5) is 5.69 Å². The van der Waals surface area contributed by atoms with Gasteiger partial charge in [0.1, 0.15) is 11.4 Å². The minimum absolute atomic E-state index is 0.113. The van der Waals surface area contributed by atoms with Gasteiger partial charge in [-0.25, -0.2) is 0 Å². The van der Waals surface area contributed by atoms with Crippen molar-refractivity contribution in [3.8, 4) is 5.75 Å². The van der Waals surface area contributed by atoms with Gasteiger partial charge in [-0.2, -0.15) is 0 Å². The van der Waals surface area contributed by atoms with Crippen LogP contribution in [-0.2, 0) is 9.53 Å². The number of amides is 1. The molecule has 0 aromatic heterocycles. The third kappa shape index (κ3) is 6.89. The Morgan fingerprint density at radius 3 is 2.42 bits per heavy atom. The summed E-state index contributed by atoms with van der Waals surface area (Å²) in [5.41, 5.74) is -0.0439. The Balaban J connectivity index is 2.52. The van der Waals surface area contributed by atoms with Crippen LogP contribution in [0.25, 0.3) is 0 Å². The van der Waals surface area contributed by atoms with E-state index >= 15 is 0 Å². The van der Waals surface area contributed by atoms with Crippen LogP contribution in [0.5, 0.6) is 5.75 Å². The van der Waals surface area contributed by atoms with Crippen molar-refractivity contribution < 1.29 is 14.3 Å². The number of anilines is 1. The van der Waals surface area contributed by atoms with Crippen LogP contribution >= 0.6 is 0 Å². The molecule has 0 saturated heterocycles. The molecule has 0 aliphatic rings. The lowest BCUT2D eigenvalue weighted by Crippen LogP contribution is -2.41. The Morgan fingerprint density at radius 1 is 1.21 bits per heavy atom. The van der Waals surface area contributed by atoms with E-state index in [1.165, 1.54) is 0 Å². The van der Waals surface area contributed by atoms with Crippen molar-refractivity contribution in [2.75, 3.05) is 39.7 Å². The fourth-order valence-electron chi connectivity index (χ4n) is 2.29. The normalized spacial score (nSPS) is 13.6. The summed E-state index contributed by atoms with van der Waals surface area (Å²) in [6, 6.07) is 7.47. The number of hydrogen-bond acceptors (Lipinski definition) is 4. The van der Waals surface area contributed by atoms with Crippen LogP contribution in [0.15, 0.2) is 24.3 Å². The van der Waals surface area contributed by atoms with Crippen molar-refractivity contribution >= 4 is 11.6 Å². The van der Waals surface area contributed by atoms with Crippen molar-refractivity contribution in [3.05, 3.63) is 24.3 Å². The fourth-order valence-corrected chi connectivity index (χ4v) is 2.29. The zero-order chi connectivity index (χ0) is 18.0. The fraction of sp³-hybridized carbons (Fsp3) is 0.632. The van der Waals surface area contributed by atoms with Crippen LogP contribution < -0.4 is 10.1 Å². The molecule has 0 aliphatic carbocycles. The predicted molar refractivity (Wildman–Crippen MR) is 98.7 cm³/mol. The lowest BCUT2D eigenvalue weighted by atomic mass is 9.97. The Kier molecular flexibility index (Phi) is 8.79. The summed E-state index contributed by atoms with van der Waals surface area (Å²) in [5.74, 6) is 0.699. The van der Waals surface area contributed by atoms with Gasteiger partial charge in [0.2, 0.25) is 0 Å². The largest absolute Gasteiger partial charge is 0.494 e. The number of nitrogens with zero attached hydrogens (tertiary/aromatic N) is 1. The van der Waals surface area contributed by atoms with Gasteiger partial charge in [0.25, 0.3) is 5.91 Å². The van der Waals surface area contributed by atoms with E-state index in [1.807, 2.05) is 45.3 Å². The maximum Gasteiger partial charge on any atom is 0.256 e. The zero-order valence-electron chi connectivity index (χ0n) is 15.7. The van der Waals surface area contributed by atoms with Gasteiger partial charge in [-0.3, -0.25) is 4.79 Å². The van der Waals surface area contributed by atoms with E-state index in [4.69, 9.17) is 9.47 Å². The molecule has 0 unspecified atom stereocenters. The van der Waals surface area contributed by atoms with Crippen molar-refractivity contribution in [2.24, 2.45) is 0 Å². The van der Waals surface area contributed by atoms with Crippen LogP contribution in [0, 0.1) is 0 Å². The molecule has 0 bridgehead atoms. The maximum atomic E-state index is 12.5. The van der Waals surface area contributed by atoms with Gasteiger partial charge in [0.05, 0.1) is 6.61 Å². The second-order valence-electron chi connectivity index (χ2n) is 6.52. The first-order valence-electron chi connectivity index (χ1n) is 8.65. The van der Waals surface area contributed by atoms with E-state index in [-0.39, 0.29) is 5.91 Å². The van der Waals surface area contributed by atoms with Gasteiger partial charge in [0, 0.05) is 19.3 Å². The summed E-state index contributed by atoms with van der Waals surface area (Å²) >= 11 is 0. The molecule has 5 heteroatoms. The zero-order valence-corrected chi connectivity index (χ0v) is 15.7. The van der Waals surface area contributed by atoms with Gasteiger partial charge >= 0.3 is 0 Å². The highest BCUT2D eigenvalue weighted by atomic mass is 16.5. The second-order valence-corrected chi connectivity index (χ2v) is 6.52. The molecular formula is C19H32N2O3. The molecule has 24 heavy (non-hydrogen) atoms. The highest BCUT2D eigenvalue weighted by Gasteiger charge is 2.32.